The van der Waals surface area contributed by atoms with Gasteiger partial charge in [0.15, 0.2) is 0 Å². The lowest BCUT2D eigenvalue weighted by Crippen LogP contribution is -2.30. The molecule has 3 rings (SSSR count). The van der Waals surface area contributed by atoms with Crippen molar-refractivity contribution in [2.45, 2.75) is 13.8 Å². The Hall–Kier alpha value is -3.91. The van der Waals surface area contributed by atoms with Crippen LogP contribution in [0.15, 0.2) is 72.8 Å². The summed E-state index contributed by atoms with van der Waals surface area (Å²) in [7, 11) is 0. The van der Waals surface area contributed by atoms with Crippen molar-refractivity contribution >= 4 is 23.2 Å². The molecular weight excluding hydrogens is 362 g/mol. The fraction of sp³-hybridized carbons (Fsp3) is 0.125. The van der Waals surface area contributed by atoms with Crippen molar-refractivity contribution in [3.63, 3.8) is 0 Å². The van der Waals surface area contributed by atoms with Gasteiger partial charge < -0.3 is 10.2 Å². The monoisotopic (exact) mass is 383 g/mol. The first-order valence-corrected chi connectivity index (χ1v) is 9.32. The predicted molar refractivity (Wildman–Crippen MR) is 114 cm³/mol. The number of hydrogen-bond acceptors (Lipinski definition) is 3. The molecule has 0 spiro atoms. The van der Waals surface area contributed by atoms with E-state index in [-0.39, 0.29) is 11.8 Å². The topological polar surface area (TPSA) is 73.2 Å². The van der Waals surface area contributed by atoms with Gasteiger partial charge in [-0.1, -0.05) is 24.3 Å². The van der Waals surface area contributed by atoms with Crippen LogP contribution in [-0.4, -0.2) is 18.4 Å². The van der Waals surface area contributed by atoms with Crippen LogP contribution in [-0.2, 0) is 0 Å². The van der Waals surface area contributed by atoms with Gasteiger partial charge in [-0.25, -0.2) is 0 Å². The number of nitriles is 1. The fourth-order valence-electron chi connectivity index (χ4n) is 3.04. The molecule has 0 unspecified atom stereocenters. The van der Waals surface area contributed by atoms with E-state index in [1.54, 1.807) is 53.4 Å². The summed E-state index contributed by atoms with van der Waals surface area (Å²) in [4.78, 5) is 27.1. The molecule has 3 aromatic rings. The molecule has 0 aliphatic carbocycles. The van der Waals surface area contributed by atoms with E-state index in [4.69, 9.17) is 5.26 Å². The highest BCUT2D eigenvalue weighted by Gasteiger charge is 2.17. The van der Waals surface area contributed by atoms with Crippen LogP contribution in [0.1, 0.15) is 38.8 Å². The Morgan fingerprint density at radius 3 is 2.31 bits per heavy atom. The van der Waals surface area contributed by atoms with E-state index >= 15 is 0 Å². The summed E-state index contributed by atoms with van der Waals surface area (Å²) >= 11 is 0. The van der Waals surface area contributed by atoms with Gasteiger partial charge in [0.1, 0.15) is 6.07 Å². The van der Waals surface area contributed by atoms with Crippen molar-refractivity contribution < 1.29 is 9.59 Å². The zero-order chi connectivity index (χ0) is 20.8. The zero-order valence-electron chi connectivity index (χ0n) is 16.3. The van der Waals surface area contributed by atoms with Crippen LogP contribution < -0.4 is 10.2 Å². The summed E-state index contributed by atoms with van der Waals surface area (Å²) in [6.07, 6.45) is 0. The number of anilines is 2. The highest BCUT2D eigenvalue weighted by atomic mass is 16.2. The van der Waals surface area contributed by atoms with Gasteiger partial charge in [0, 0.05) is 23.4 Å². The Morgan fingerprint density at radius 2 is 1.66 bits per heavy atom. The first-order valence-electron chi connectivity index (χ1n) is 9.32. The molecule has 0 fully saturated rings. The minimum absolute atomic E-state index is 0.125. The molecule has 0 radical (unpaired) electrons. The molecule has 5 nitrogen and oxygen atoms in total. The van der Waals surface area contributed by atoms with Crippen LogP contribution in [0.3, 0.4) is 0 Å². The number of carbonyl (C=O) groups is 2. The van der Waals surface area contributed by atoms with Gasteiger partial charge in [-0.05, 0) is 67.9 Å². The van der Waals surface area contributed by atoms with Crippen molar-refractivity contribution in [2.24, 2.45) is 0 Å². The van der Waals surface area contributed by atoms with E-state index in [9.17, 15) is 9.59 Å². The molecule has 0 aromatic heterocycles. The molecule has 0 bridgehead atoms. The van der Waals surface area contributed by atoms with Crippen LogP contribution in [0.4, 0.5) is 11.4 Å². The lowest BCUT2D eigenvalue weighted by Gasteiger charge is -2.21. The molecule has 0 heterocycles. The number of nitrogens with one attached hydrogen (secondary N) is 1. The normalized spacial score (nSPS) is 10.1. The minimum atomic E-state index is -0.335. The van der Waals surface area contributed by atoms with Crippen LogP contribution in [0.25, 0.3) is 0 Å². The maximum atomic E-state index is 12.9. The second-order valence-electron chi connectivity index (χ2n) is 6.58. The number of carbonyl (C=O) groups excluding carboxylic acids is 2. The summed E-state index contributed by atoms with van der Waals surface area (Å²) in [6, 6.07) is 23.2. The third kappa shape index (κ3) is 4.50. The quantitative estimate of drug-likeness (QED) is 0.689. The third-order valence-electron chi connectivity index (χ3n) is 4.56. The summed E-state index contributed by atoms with van der Waals surface area (Å²) in [5.41, 5.74) is 3.68. The van der Waals surface area contributed by atoms with E-state index in [2.05, 4.69) is 5.32 Å². The van der Waals surface area contributed by atoms with Crippen molar-refractivity contribution in [3.8, 4) is 6.07 Å². The Labute approximate surface area is 170 Å². The minimum Gasteiger partial charge on any atom is -0.321 e. The summed E-state index contributed by atoms with van der Waals surface area (Å²) in [6.45, 7) is 4.45. The molecule has 0 aliphatic rings. The van der Waals surface area contributed by atoms with Crippen LogP contribution in [0, 0.1) is 18.3 Å². The summed E-state index contributed by atoms with van der Waals surface area (Å²) in [5.74, 6) is -0.461. The largest absolute Gasteiger partial charge is 0.321 e. The highest BCUT2D eigenvalue weighted by molar-refractivity contribution is 6.08. The van der Waals surface area contributed by atoms with Crippen LogP contribution in [0.5, 0.6) is 0 Å². The summed E-state index contributed by atoms with van der Waals surface area (Å²) in [5, 5.41) is 11.9. The number of benzene rings is 3. The van der Waals surface area contributed by atoms with E-state index in [1.165, 1.54) is 0 Å². The molecular formula is C24H21N3O2. The van der Waals surface area contributed by atoms with Gasteiger partial charge in [-0.3, -0.25) is 9.59 Å². The Balaban J connectivity index is 1.77. The molecule has 0 aliphatic heterocycles. The van der Waals surface area contributed by atoms with Crippen LogP contribution >= 0.6 is 0 Å². The molecule has 0 saturated heterocycles. The van der Waals surface area contributed by atoms with Crippen LogP contribution in [0.2, 0.25) is 0 Å². The van der Waals surface area contributed by atoms with Gasteiger partial charge >= 0.3 is 0 Å². The first-order chi connectivity index (χ1) is 14.0. The number of para-hydroxylation sites is 1. The van der Waals surface area contributed by atoms with Crippen molar-refractivity contribution in [2.75, 3.05) is 16.8 Å². The molecule has 144 valence electrons. The smallest absolute Gasteiger partial charge is 0.258 e. The highest BCUT2D eigenvalue weighted by Crippen LogP contribution is 2.20. The van der Waals surface area contributed by atoms with Crippen molar-refractivity contribution in [1.29, 1.82) is 5.26 Å². The second-order valence-corrected chi connectivity index (χ2v) is 6.58. The van der Waals surface area contributed by atoms with E-state index in [0.717, 1.165) is 11.3 Å². The lowest BCUT2D eigenvalue weighted by atomic mass is 10.1. The average Bonchev–Trinajstić information content (AvgIpc) is 2.74. The van der Waals surface area contributed by atoms with Gasteiger partial charge in [0.2, 0.25) is 0 Å². The molecule has 0 atom stereocenters. The maximum absolute atomic E-state index is 12.9. The van der Waals surface area contributed by atoms with Crippen molar-refractivity contribution in [1.82, 2.24) is 0 Å². The van der Waals surface area contributed by atoms with Gasteiger partial charge in [-0.2, -0.15) is 5.26 Å². The van der Waals surface area contributed by atoms with E-state index < -0.39 is 0 Å². The second kappa shape index (κ2) is 8.85. The predicted octanol–water partition coefficient (Wildman–Crippen LogP) is 4.79. The Morgan fingerprint density at radius 1 is 0.966 bits per heavy atom. The number of nitrogens with zero attached hydrogens (tertiary/aromatic N) is 2. The standard InChI is InChI=1S/C24H21N3O2/c1-3-27(21-9-6-7-17(2)15-21)24(29)19-13-11-18(12-14-19)23(28)26-22-10-5-4-8-20(22)16-25/h4-15H,3H2,1-2H3,(H,26,28). The number of hydrogen-bond donors (Lipinski definition) is 1. The van der Waals surface area contributed by atoms with Gasteiger partial charge in [0.25, 0.3) is 11.8 Å². The fourth-order valence-corrected chi connectivity index (χ4v) is 3.04. The maximum Gasteiger partial charge on any atom is 0.258 e. The number of aryl methyl sites for hydroxylation is 1. The SMILES string of the molecule is CCN(C(=O)c1ccc(C(=O)Nc2ccccc2C#N)cc1)c1cccc(C)c1. The first kappa shape index (κ1) is 19.8. The molecule has 1 N–H and O–H groups in total. The Kier molecular flexibility index (Phi) is 6.06. The van der Waals surface area contributed by atoms with Crippen molar-refractivity contribution in [3.05, 3.63) is 95.1 Å². The summed E-state index contributed by atoms with van der Waals surface area (Å²) < 4.78 is 0. The Bertz CT molecular complexity index is 1080. The molecule has 2 amide bonds. The molecule has 29 heavy (non-hydrogen) atoms. The van der Waals surface area contributed by atoms with E-state index in [0.29, 0.717) is 28.9 Å². The zero-order valence-corrected chi connectivity index (χ0v) is 16.3. The molecule has 3 aromatic carbocycles. The number of amides is 2. The molecule has 5 heteroatoms. The molecule has 0 saturated carbocycles. The number of rotatable bonds is 5. The lowest BCUT2D eigenvalue weighted by molar-refractivity contribution is 0.0985. The van der Waals surface area contributed by atoms with Gasteiger partial charge in [-0.15, -0.1) is 0 Å². The third-order valence-corrected chi connectivity index (χ3v) is 4.56. The van der Waals surface area contributed by atoms with E-state index in [1.807, 2.05) is 44.2 Å². The van der Waals surface area contributed by atoms with Gasteiger partial charge in [0.05, 0.1) is 11.3 Å². The average molecular weight is 383 g/mol.